The van der Waals surface area contributed by atoms with Crippen LogP contribution in [0.15, 0.2) is 59.8 Å². The Hall–Kier alpha value is -3.18. The van der Waals surface area contributed by atoms with Crippen molar-refractivity contribution in [3.63, 3.8) is 0 Å². The lowest BCUT2D eigenvalue weighted by molar-refractivity contribution is 0.377. The van der Waals surface area contributed by atoms with Crippen LogP contribution in [-0.2, 0) is 10.0 Å². The second kappa shape index (κ2) is 8.28. The monoisotopic (exact) mass is 432 g/mol. The summed E-state index contributed by atoms with van der Waals surface area (Å²) < 4.78 is 54.3. The Morgan fingerprint density at radius 1 is 0.867 bits per heavy atom. The first-order valence-corrected chi connectivity index (χ1v) is 10.6. The van der Waals surface area contributed by atoms with E-state index in [-0.39, 0.29) is 13.1 Å². The van der Waals surface area contributed by atoms with Crippen molar-refractivity contribution in [1.29, 1.82) is 0 Å². The third-order valence-electron chi connectivity index (χ3n) is 4.68. The summed E-state index contributed by atoms with van der Waals surface area (Å²) in [5.41, 5.74) is 0.825. The van der Waals surface area contributed by atoms with Crippen molar-refractivity contribution in [2.75, 3.05) is 36.4 Å². The zero-order chi connectivity index (χ0) is 21.1. The number of rotatable bonds is 5. The highest BCUT2D eigenvalue weighted by atomic mass is 32.2. The summed E-state index contributed by atoms with van der Waals surface area (Å²) in [5, 5.41) is 11.4. The Balaban J connectivity index is 1.42. The molecule has 1 saturated heterocycles. The number of nitrogens with zero attached hydrogens (tertiary/aromatic N) is 5. The topological polar surface area (TPSA) is 91.3 Å². The van der Waals surface area contributed by atoms with Crippen molar-refractivity contribution >= 4 is 27.3 Å². The van der Waals surface area contributed by atoms with Gasteiger partial charge in [0.15, 0.2) is 16.5 Å². The SMILES string of the molecule is O=S(=O)(c1c(F)cccc1F)N1CCN(c2ccc(Nc3ccncc3)nn2)CC1. The molecule has 0 aliphatic carbocycles. The fraction of sp³-hybridized carbons (Fsp3) is 0.211. The molecule has 3 heterocycles. The van der Waals surface area contributed by atoms with E-state index in [1.807, 2.05) is 4.90 Å². The second-order valence-electron chi connectivity index (χ2n) is 6.58. The van der Waals surface area contributed by atoms with Crippen molar-refractivity contribution in [2.24, 2.45) is 0 Å². The summed E-state index contributed by atoms with van der Waals surface area (Å²) >= 11 is 0. The molecule has 30 heavy (non-hydrogen) atoms. The van der Waals surface area contributed by atoms with Gasteiger partial charge in [0.2, 0.25) is 10.0 Å². The van der Waals surface area contributed by atoms with Crippen molar-refractivity contribution in [2.45, 2.75) is 4.90 Å². The predicted octanol–water partition coefficient (Wildman–Crippen LogP) is 2.40. The first kappa shape index (κ1) is 20.1. The summed E-state index contributed by atoms with van der Waals surface area (Å²) in [6, 6.07) is 10.1. The number of nitrogens with one attached hydrogen (secondary N) is 1. The Bertz CT molecular complexity index is 1100. The van der Waals surface area contributed by atoms with Gasteiger partial charge in [0, 0.05) is 44.3 Å². The number of benzene rings is 1. The van der Waals surface area contributed by atoms with E-state index in [1.165, 1.54) is 0 Å². The number of aromatic nitrogens is 3. The van der Waals surface area contributed by atoms with E-state index in [4.69, 9.17) is 0 Å². The number of sulfonamides is 1. The molecule has 3 aromatic rings. The zero-order valence-electron chi connectivity index (χ0n) is 15.7. The average molecular weight is 432 g/mol. The van der Waals surface area contributed by atoms with Crippen LogP contribution in [0.3, 0.4) is 0 Å². The number of pyridine rings is 1. The van der Waals surface area contributed by atoms with Gasteiger partial charge in [-0.05, 0) is 36.4 Å². The normalized spacial score (nSPS) is 15.2. The van der Waals surface area contributed by atoms with Crippen LogP contribution in [0, 0.1) is 11.6 Å². The van der Waals surface area contributed by atoms with Gasteiger partial charge in [-0.2, -0.15) is 4.31 Å². The Morgan fingerprint density at radius 3 is 2.13 bits per heavy atom. The molecule has 8 nitrogen and oxygen atoms in total. The van der Waals surface area contributed by atoms with Gasteiger partial charge >= 0.3 is 0 Å². The first-order valence-electron chi connectivity index (χ1n) is 9.15. The molecule has 1 fully saturated rings. The van der Waals surface area contributed by atoms with E-state index >= 15 is 0 Å². The second-order valence-corrected chi connectivity index (χ2v) is 8.45. The van der Waals surface area contributed by atoms with Crippen molar-refractivity contribution < 1.29 is 17.2 Å². The van der Waals surface area contributed by atoms with E-state index in [2.05, 4.69) is 20.5 Å². The molecule has 1 aliphatic rings. The molecule has 0 bridgehead atoms. The lowest BCUT2D eigenvalue weighted by atomic mass is 10.3. The number of anilines is 3. The maximum absolute atomic E-state index is 14.0. The molecule has 2 aromatic heterocycles. The number of piperazine rings is 1. The Morgan fingerprint density at radius 2 is 1.53 bits per heavy atom. The molecule has 0 spiro atoms. The van der Waals surface area contributed by atoms with Crippen LogP contribution in [0.2, 0.25) is 0 Å². The molecule has 4 rings (SSSR count). The van der Waals surface area contributed by atoms with E-state index < -0.39 is 26.6 Å². The summed E-state index contributed by atoms with van der Waals surface area (Å²) in [5.74, 6) is -1.05. The van der Waals surface area contributed by atoms with Gasteiger partial charge in [-0.3, -0.25) is 4.98 Å². The summed E-state index contributed by atoms with van der Waals surface area (Å²) in [4.78, 5) is 4.90. The van der Waals surface area contributed by atoms with Crippen molar-refractivity contribution in [3.8, 4) is 0 Å². The summed E-state index contributed by atoms with van der Waals surface area (Å²) in [6.07, 6.45) is 3.32. The number of hydrogen-bond donors (Lipinski definition) is 1. The molecule has 1 aromatic carbocycles. The smallest absolute Gasteiger partial charge is 0.249 e. The van der Waals surface area contributed by atoms with Gasteiger partial charge in [-0.15, -0.1) is 10.2 Å². The summed E-state index contributed by atoms with van der Waals surface area (Å²) in [7, 11) is -4.26. The fourth-order valence-corrected chi connectivity index (χ4v) is 4.69. The highest BCUT2D eigenvalue weighted by Gasteiger charge is 2.33. The largest absolute Gasteiger partial charge is 0.352 e. The van der Waals surface area contributed by atoms with E-state index in [9.17, 15) is 17.2 Å². The highest BCUT2D eigenvalue weighted by Crippen LogP contribution is 2.24. The third-order valence-corrected chi connectivity index (χ3v) is 6.63. The molecular formula is C19H18F2N6O2S. The number of hydrogen-bond acceptors (Lipinski definition) is 7. The molecular weight excluding hydrogens is 414 g/mol. The van der Waals surface area contributed by atoms with Crippen LogP contribution in [-0.4, -0.2) is 54.1 Å². The highest BCUT2D eigenvalue weighted by molar-refractivity contribution is 7.89. The molecule has 0 radical (unpaired) electrons. The molecule has 1 N–H and O–H groups in total. The van der Waals surface area contributed by atoms with Crippen molar-refractivity contribution in [1.82, 2.24) is 19.5 Å². The van der Waals surface area contributed by atoms with E-state index in [0.29, 0.717) is 24.7 Å². The van der Waals surface area contributed by atoms with Crippen LogP contribution in [0.4, 0.5) is 26.1 Å². The van der Waals surface area contributed by atoms with Crippen LogP contribution < -0.4 is 10.2 Å². The Labute approximate surface area is 172 Å². The van der Waals surface area contributed by atoms with Gasteiger partial charge in [0.05, 0.1) is 0 Å². The maximum Gasteiger partial charge on any atom is 0.249 e. The molecule has 0 atom stereocenters. The quantitative estimate of drug-likeness (QED) is 0.662. The lowest BCUT2D eigenvalue weighted by Crippen LogP contribution is -2.49. The predicted molar refractivity (Wildman–Crippen MR) is 107 cm³/mol. The van der Waals surface area contributed by atoms with Crippen LogP contribution in [0.25, 0.3) is 0 Å². The van der Waals surface area contributed by atoms with Crippen LogP contribution in [0.5, 0.6) is 0 Å². The minimum absolute atomic E-state index is 0.0782. The minimum atomic E-state index is -4.26. The van der Waals surface area contributed by atoms with Crippen LogP contribution in [0.1, 0.15) is 0 Å². The third kappa shape index (κ3) is 4.07. The lowest BCUT2D eigenvalue weighted by Gasteiger charge is -2.34. The van der Waals surface area contributed by atoms with Gasteiger partial charge in [-0.1, -0.05) is 6.07 Å². The van der Waals surface area contributed by atoms with E-state index in [1.54, 1.807) is 36.7 Å². The standard InChI is InChI=1S/C19H18F2N6O2S/c20-15-2-1-3-16(21)19(15)30(28,29)27-12-10-26(11-13-27)18-5-4-17(24-25-18)23-14-6-8-22-9-7-14/h1-9H,10-13H2,(H,22,23,24). The number of halogens is 2. The minimum Gasteiger partial charge on any atom is -0.352 e. The zero-order valence-corrected chi connectivity index (χ0v) is 16.6. The fourth-order valence-electron chi connectivity index (χ4n) is 3.16. The molecule has 0 saturated carbocycles. The van der Waals surface area contributed by atoms with Crippen molar-refractivity contribution in [3.05, 3.63) is 66.5 Å². The Kier molecular flexibility index (Phi) is 5.55. The molecule has 156 valence electrons. The molecule has 1 aliphatic heterocycles. The van der Waals surface area contributed by atoms with Gasteiger partial charge < -0.3 is 10.2 Å². The molecule has 0 unspecified atom stereocenters. The van der Waals surface area contributed by atoms with E-state index in [0.717, 1.165) is 28.2 Å². The molecule has 0 amide bonds. The van der Waals surface area contributed by atoms with Gasteiger partial charge in [-0.25, -0.2) is 17.2 Å². The van der Waals surface area contributed by atoms with Gasteiger partial charge in [0.25, 0.3) is 0 Å². The average Bonchev–Trinajstić information content (AvgIpc) is 2.75. The van der Waals surface area contributed by atoms with Crippen LogP contribution >= 0.6 is 0 Å². The molecule has 11 heteroatoms. The maximum atomic E-state index is 14.0. The van der Waals surface area contributed by atoms with Gasteiger partial charge in [0.1, 0.15) is 11.6 Å². The first-order chi connectivity index (χ1) is 14.4. The summed E-state index contributed by atoms with van der Waals surface area (Å²) in [6.45, 7) is 0.797.